The van der Waals surface area contributed by atoms with Crippen LogP contribution in [0.15, 0.2) is 0 Å². The first-order valence-corrected chi connectivity index (χ1v) is 8.58. The highest BCUT2D eigenvalue weighted by molar-refractivity contribution is 6.46. The van der Waals surface area contributed by atoms with Crippen LogP contribution in [-0.4, -0.2) is 36.6 Å². The van der Waals surface area contributed by atoms with Crippen molar-refractivity contribution in [3.63, 3.8) is 0 Å². The smallest absolute Gasteiger partial charge is 0.403 e. The van der Waals surface area contributed by atoms with Crippen LogP contribution in [0.3, 0.4) is 0 Å². The van der Waals surface area contributed by atoms with Crippen molar-refractivity contribution in [3.05, 3.63) is 0 Å². The van der Waals surface area contributed by atoms with Gasteiger partial charge in [0, 0.05) is 0 Å². The Hall–Kier alpha value is -0.0301. The molecule has 0 aromatic heterocycles. The fourth-order valence-electron chi connectivity index (χ4n) is 2.79. The lowest BCUT2D eigenvalue weighted by molar-refractivity contribution is 0.00578. The number of rotatable bonds is 5. The van der Waals surface area contributed by atoms with Gasteiger partial charge in [-0.2, -0.15) is 0 Å². The second-order valence-electron chi connectivity index (χ2n) is 8.66. The van der Waals surface area contributed by atoms with Crippen molar-refractivity contribution in [2.45, 2.75) is 103 Å². The predicted octanol–water partition coefficient (Wildman–Crippen LogP) is 3.95. The topological polar surface area (TPSA) is 36.9 Å². The van der Waals surface area contributed by atoms with Gasteiger partial charge in [-0.25, -0.2) is 0 Å². The monoisotopic (exact) mass is 310 g/mol. The summed E-state index contributed by atoms with van der Waals surface area (Å²) in [5, 5.41) is 0. The quantitative estimate of drug-likeness (QED) is 0.569. The van der Waals surface area contributed by atoms with E-state index in [2.05, 4.69) is 55.4 Å². The van der Waals surface area contributed by atoms with Gasteiger partial charge in [0.2, 0.25) is 0 Å². The lowest BCUT2D eigenvalue weighted by Gasteiger charge is -2.32. The standard InChI is InChI=1S/C16H32B2O4/c1-13(2)14(3,4)20-17(19-13)11-9-10-12-18-21-15(5,6)16(7,8)22-18/h9-12H2,1-8H3. The third-order valence-corrected chi connectivity index (χ3v) is 5.73. The minimum atomic E-state index is -0.233. The van der Waals surface area contributed by atoms with Crippen LogP contribution in [0.1, 0.15) is 68.2 Å². The van der Waals surface area contributed by atoms with Crippen molar-refractivity contribution >= 4 is 14.2 Å². The first-order valence-electron chi connectivity index (χ1n) is 8.58. The van der Waals surface area contributed by atoms with Crippen molar-refractivity contribution in [1.82, 2.24) is 0 Å². The van der Waals surface area contributed by atoms with E-state index in [1.807, 2.05) is 0 Å². The molecule has 0 aliphatic carbocycles. The van der Waals surface area contributed by atoms with E-state index in [9.17, 15) is 0 Å². The van der Waals surface area contributed by atoms with Crippen LogP contribution < -0.4 is 0 Å². The van der Waals surface area contributed by atoms with Crippen molar-refractivity contribution in [2.24, 2.45) is 0 Å². The summed E-state index contributed by atoms with van der Waals surface area (Å²) >= 11 is 0. The normalized spacial score (nSPS) is 28.4. The van der Waals surface area contributed by atoms with Crippen LogP contribution >= 0.6 is 0 Å². The van der Waals surface area contributed by atoms with Crippen LogP contribution in [0.4, 0.5) is 0 Å². The molecule has 2 saturated heterocycles. The van der Waals surface area contributed by atoms with Crippen molar-refractivity contribution in [2.75, 3.05) is 0 Å². The van der Waals surface area contributed by atoms with E-state index in [0.717, 1.165) is 25.5 Å². The number of hydrogen-bond acceptors (Lipinski definition) is 4. The van der Waals surface area contributed by atoms with Crippen LogP contribution in [0.2, 0.25) is 12.6 Å². The number of unbranched alkanes of at least 4 members (excludes halogenated alkanes) is 1. The summed E-state index contributed by atoms with van der Waals surface area (Å²) in [5.41, 5.74) is -0.931. The van der Waals surface area contributed by atoms with Crippen LogP contribution in [-0.2, 0) is 18.6 Å². The van der Waals surface area contributed by atoms with Gasteiger partial charge < -0.3 is 18.6 Å². The third kappa shape index (κ3) is 3.55. The summed E-state index contributed by atoms with van der Waals surface area (Å²) < 4.78 is 24.1. The summed E-state index contributed by atoms with van der Waals surface area (Å²) in [6.45, 7) is 16.8. The zero-order valence-corrected chi connectivity index (χ0v) is 15.6. The van der Waals surface area contributed by atoms with Gasteiger partial charge in [-0.05, 0) is 68.0 Å². The SMILES string of the molecule is CC1(C)OB(CCCCB2OC(C)(C)C(C)(C)O2)OC1(C)C. The first kappa shape index (κ1) is 18.3. The van der Waals surface area contributed by atoms with Gasteiger partial charge in [-0.1, -0.05) is 12.8 Å². The molecule has 0 aromatic rings. The van der Waals surface area contributed by atoms with E-state index in [-0.39, 0.29) is 36.6 Å². The Morgan fingerprint density at radius 2 is 0.727 bits per heavy atom. The Morgan fingerprint density at radius 1 is 0.500 bits per heavy atom. The molecule has 2 rings (SSSR count). The Labute approximate surface area is 136 Å². The highest BCUT2D eigenvalue weighted by Crippen LogP contribution is 2.39. The highest BCUT2D eigenvalue weighted by atomic mass is 16.7. The molecule has 0 unspecified atom stereocenters. The zero-order chi connectivity index (χ0) is 16.8. The molecule has 4 nitrogen and oxygen atoms in total. The molecule has 126 valence electrons. The summed E-state index contributed by atoms with van der Waals surface area (Å²) in [4.78, 5) is 0. The Kier molecular flexibility index (Phi) is 4.83. The van der Waals surface area contributed by atoms with Gasteiger partial charge in [-0.3, -0.25) is 0 Å². The molecule has 0 bridgehead atoms. The summed E-state index contributed by atoms with van der Waals surface area (Å²) in [6, 6.07) is 0. The second kappa shape index (κ2) is 5.80. The predicted molar refractivity (Wildman–Crippen MR) is 91.0 cm³/mol. The molecular weight excluding hydrogens is 278 g/mol. The van der Waals surface area contributed by atoms with E-state index in [1.165, 1.54) is 0 Å². The minimum absolute atomic E-state index is 0.0942. The largest absolute Gasteiger partial charge is 0.457 e. The number of hydrogen-bond donors (Lipinski definition) is 0. The van der Waals surface area contributed by atoms with Crippen molar-refractivity contribution in [3.8, 4) is 0 Å². The van der Waals surface area contributed by atoms with Gasteiger partial charge >= 0.3 is 14.2 Å². The van der Waals surface area contributed by atoms with E-state index in [4.69, 9.17) is 18.6 Å². The molecule has 0 N–H and O–H groups in total. The fraction of sp³-hybridized carbons (Fsp3) is 1.00. The molecule has 6 heteroatoms. The molecule has 2 aliphatic heterocycles. The maximum absolute atomic E-state index is 6.02. The molecule has 0 radical (unpaired) electrons. The third-order valence-electron chi connectivity index (χ3n) is 5.73. The molecule has 0 aromatic carbocycles. The van der Waals surface area contributed by atoms with Gasteiger partial charge in [0.05, 0.1) is 22.4 Å². The van der Waals surface area contributed by atoms with E-state index in [0.29, 0.717) is 0 Å². The molecule has 0 spiro atoms. The molecular formula is C16H32B2O4. The Morgan fingerprint density at radius 3 is 0.955 bits per heavy atom. The molecule has 22 heavy (non-hydrogen) atoms. The summed E-state index contributed by atoms with van der Waals surface area (Å²) in [6.07, 6.45) is 3.96. The van der Waals surface area contributed by atoms with Crippen LogP contribution in [0.5, 0.6) is 0 Å². The van der Waals surface area contributed by atoms with Crippen LogP contribution in [0.25, 0.3) is 0 Å². The fourth-order valence-corrected chi connectivity index (χ4v) is 2.79. The first-order chi connectivity index (χ1) is 9.86. The maximum Gasteiger partial charge on any atom is 0.457 e. The average molecular weight is 310 g/mol. The van der Waals surface area contributed by atoms with Gasteiger partial charge in [-0.15, -0.1) is 0 Å². The van der Waals surface area contributed by atoms with Gasteiger partial charge in [0.1, 0.15) is 0 Å². The lowest BCUT2D eigenvalue weighted by Crippen LogP contribution is -2.41. The Balaban J connectivity index is 1.69. The van der Waals surface area contributed by atoms with Crippen LogP contribution in [0, 0.1) is 0 Å². The second-order valence-corrected chi connectivity index (χ2v) is 8.66. The zero-order valence-electron chi connectivity index (χ0n) is 15.6. The summed E-state index contributed by atoms with van der Waals surface area (Å²) in [7, 11) is -0.188. The highest BCUT2D eigenvalue weighted by Gasteiger charge is 2.51. The summed E-state index contributed by atoms with van der Waals surface area (Å²) in [5.74, 6) is 0. The average Bonchev–Trinajstić information content (AvgIpc) is 2.64. The Bertz CT molecular complexity index is 337. The molecule has 0 saturated carbocycles. The molecule has 0 atom stereocenters. The van der Waals surface area contributed by atoms with E-state index >= 15 is 0 Å². The van der Waals surface area contributed by atoms with E-state index < -0.39 is 0 Å². The minimum Gasteiger partial charge on any atom is -0.403 e. The molecule has 2 heterocycles. The molecule has 0 amide bonds. The van der Waals surface area contributed by atoms with Gasteiger partial charge in [0.25, 0.3) is 0 Å². The lowest BCUT2D eigenvalue weighted by atomic mass is 9.77. The molecule has 2 fully saturated rings. The van der Waals surface area contributed by atoms with Crippen molar-refractivity contribution < 1.29 is 18.6 Å². The van der Waals surface area contributed by atoms with Gasteiger partial charge in [0.15, 0.2) is 0 Å². The molecule has 2 aliphatic rings. The van der Waals surface area contributed by atoms with Crippen molar-refractivity contribution in [1.29, 1.82) is 0 Å². The van der Waals surface area contributed by atoms with E-state index in [1.54, 1.807) is 0 Å². The maximum atomic E-state index is 6.02.